The Labute approximate surface area is 141 Å². The second kappa shape index (κ2) is 6.87. The van der Waals surface area contributed by atoms with Crippen molar-refractivity contribution in [3.8, 4) is 0 Å². The monoisotopic (exact) mass is 335 g/mol. The van der Waals surface area contributed by atoms with Gasteiger partial charge >= 0.3 is 6.09 Å². The molecule has 1 aromatic carbocycles. The molecule has 0 bridgehead atoms. The Morgan fingerprint density at radius 3 is 2.48 bits per heavy atom. The van der Waals surface area contributed by atoms with Crippen molar-refractivity contribution in [3.63, 3.8) is 0 Å². The Hall–Kier alpha value is -1.62. The highest BCUT2D eigenvalue weighted by molar-refractivity contribution is 7.89. The number of nitrogens with zero attached hydrogens (tertiary/aromatic N) is 1. The smallest absolute Gasteiger partial charge is 0.410 e. The zero-order chi connectivity index (χ0) is 17.2. The lowest BCUT2D eigenvalue weighted by atomic mass is 10.2. The minimum Gasteiger partial charge on any atom is -0.444 e. The molecule has 4 nitrogen and oxygen atoms in total. The summed E-state index contributed by atoms with van der Waals surface area (Å²) in [5, 5.41) is 0. The van der Waals surface area contributed by atoms with Crippen LogP contribution in [0.2, 0.25) is 0 Å². The SMILES string of the molecule is C=C([C@H]1CCCN1C(=O)OC(C)(C)C)S(=O)c1ccc(C)cc1. The van der Waals surface area contributed by atoms with Crippen molar-refractivity contribution in [3.05, 3.63) is 41.3 Å². The molecule has 5 heteroatoms. The maximum absolute atomic E-state index is 12.7. The lowest BCUT2D eigenvalue weighted by Crippen LogP contribution is -2.41. The van der Waals surface area contributed by atoms with Gasteiger partial charge in [0.2, 0.25) is 0 Å². The maximum atomic E-state index is 12.7. The van der Waals surface area contributed by atoms with Crippen molar-refractivity contribution in [2.75, 3.05) is 6.54 Å². The van der Waals surface area contributed by atoms with Crippen LogP contribution >= 0.6 is 0 Å². The first-order valence-corrected chi connectivity index (χ1v) is 9.01. The number of rotatable bonds is 3. The first kappa shape index (κ1) is 17.7. The maximum Gasteiger partial charge on any atom is 0.410 e. The quantitative estimate of drug-likeness (QED) is 0.838. The van der Waals surface area contributed by atoms with Crippen molar-refractivity contribution in [1.29, 1.82) is 0 Å². The lowest BCUT2D eigenvalue weighted by molar-refractivity contribution is 0.0254. The van der Waals surface area contributed by atoms with E-state index in [9.17, 15) is 9.00 Å². The first-order chi connectivity index (χ1) is 10.7. The summed E-state index contributed by atoms with van der Waals surface area (Å²) in [4.78, 5) is 15.3. The number of aryl methyl sites for hydroxylation is 1. The molecule has 1 unspecified atom stereocenters. The Bertz CT molecular complexity index is 616. The minimum absolute atomic E-state index is 0.230. The number of hydrogen-bond acceptors (Lipinski definition) is 3. The summed E-state index contributed by atoms with van der Waals surface area (Å²) >= 11 is 0. The van der Waals surface area contributed by atoms with Gasteiger partial charge in [0.1, 0.15) is 5.60 Å². The molecule has 0 spiro atoms. The van der Waals surface area contributed by atoms with Gasteiger partial charge in [-0.3, -0.25) is 0 Å². The van der Waals surface area contributed by atoms with Gasteiger partial charge in [0.15, 0.2) is 0 Å². The standard InChI is InChI=1S/C18H25NO3S/c1-13-8-10-15(11-9-13)23(21)14(2)16-7-6-12-19(16)17(20)22-18(3,4)5/h8-11,16H,2,6-7,12H2,1,3-5H3/t16-,23?/m1/s1. The summed E-state index contributed by atoms with van der Waals surface area (Å²) in [6.45, 7) is 12.1. The normalized spacial score (nSPS) is 19.5. The second-order valence-corrected chi connectivity index (χ2v) is 8.41. The molecule has 1 saturated heterocycles. The fourth-order valence-corrected chi connectivity index (χ4v) is 3.76. The topological polar surface area (TPSA) is 46.6 Å². The predicted molar refractivity (Wildman–Crippen MR) is 92.7 cm³/mol. The van der Waals surface area contributed by atoms with Gasteiger partial charge in [-0.15, -0.1) is 0 Å². The van der Waals surface area contributed by atoms with E-state index in [-0.39, 0.29) is 12.1 Å². The van der Waals surface area contributed by atoms with Gasteiger partial charge in [-0.2, -0.15) is 0 Å². The van der Waals surface area contributed by atoms with Crippen molar-refractivity contribution >= 4 is 16.9 Å². The number of amides is 1. The summed E-state index contributed by atoms with van der Waals surface area (Å²) in [5.41, 5.74) is 0.578. The molecule has 2 atom stereocenters. The van der Waals surface area contributed by atoms with Crippen LogP contribution in [0.25, 0.3) is 0 Å². The summed E-state index contributed by atoms with van der Waals surface area (Å²) in [5.74, 6) is 0. The summed E-state index contributed by atoms with van der Waals surface area (Å²) in [6, 6.07) is 7.33. The summed E-state index contributed by atoms with van der Waals surface area (Å²) < 4.78 is 18.2. The molecule has 0 N–H and O–H groups in total. The minimum atomic E-state index is -1.33. The van der Waals surface area contributed by atoms with Gasteiger partial charge in [-0.1, -0.05) is 24.3 Å². The highest BCUT2D eigenvalue weighted by Gasteiger charge is 2.35. The Balaban J connectivity index is 2.12. The Morgan fingerprint density at radius 1 is 1.30 bits per heavy atom. The second-order valence-electron chi connectivity index (χ2n) is 6.88. The lowest BCUT2D eigenvalue weighted by Gasteiger charge is -2.29. The fraction of sp³-hybridized carbons (Fsp3) is 0.500. The number of likely N-dealkylation sites (tertiary alicyclic amines) is 1. The van der Waals surface area contributed by atoms with Crippen molar-refractivity contribution in [2.24, 2.45) is 0 Å². The average Bonchev–Trinajstić information content (AvgIpc) is 2.94. The summed E-state index contributed by atoms with van der Waals surface area (Å²) in [7, 11) is -1.33. The van der Waals surface area contributed by atoms with Gasteiger partial charge in [-0.25, -0.2) is 9.00 Å². The van der Waals surface area contributed by atoms with Crippen LogP contribution in [0.15, 0.2) is 40.6 Å². The fourth-order valence-electron chi connectivity index (χ4n) is 2.58. The molecule has 1 amide bonds. The van der Waals surface area contributed by atoms with E-state index >= 15 is 0 Å². The molecule has 0 aromatic heterocycles. The van der Waals surface area contributed by atoms with Crippen LogP contribution in [-0.2, 0) is 15.5 Å². The molecular weight excluding hydrogens is 310 g/mol. The van der Waals surface area contributed by atoms with E-state index in [2.05, 4.69) is 6.58 Å². The Kier molecular flexibility index (Phi) is 5.30. The summed E-state index contributed by atoms with van der Waals surface area (Å²) in [6.07, 6.45) is 1.28. The van der Waals surface area contributed by atoms with E-state index in [4.69, 9.17) is 4.74 Å². The van der Waals surface area contributed by atoms with E-state index < -0.39 is 16.4 Å². The van der Waals surface area contributed by atoms with E-state index in [1.54, 1.807) is 4.90 Å². The molecular formula is C18H25NO3S. The molecule has 0 radical (unpaired) electrons. The van der Waals surface area contributed by atoms with Crippen LogP contribution in [0.1, 0.15) is 39.2 Å². The molecule has 1 heterocycles. The van der Waals surface area contributed by atoms with Gasteiger partial charge in [0.05, 0.1) is 16.8 Å². The van der Waals surface area contributed by atoms with E-state index in [1.165, 1.54) is 0 Å². The third-order valence-electron chi connectivity index (χ3n) is 3.73. The van der Waals surface area contributed by atoms with Gasteiger partial charge in [0.25, 0.3) is 0 Å². The molecule has 1 aliphatic heterocycles. The van der Waals surface area contributed by atoms with Crippen molar-refractivity contribution in [1.82, 2.24) is 4.90 Å². The zero-order valence-corrected chi connectivity index (χ0v) is 15.1. The highest BCUT2D eigenvalue weighted by atomic mass is 32.2. The van der Waals surface area contributed by atoms with E-state index in [0.717, 1.165) is 23.3 Å². The first-order valence-electron chi connectivity index (χ1n) is 7.86. The number of hydrogen-bond donors (Lipinski definition) is 0. The molecule has 1 aromatic rings. The van der Waals surface area contributed by atoms with Crippen LogP contribution in [0, 0.1) is 6.92 Å². The molecule has 0 aliphatic carbocycles. The van der Waals surface area contributed by atoms with E-state index in [0.29, 0.717) is 11.4 Å². The Morgan fingerprint density at radius 2 is 1.91 bits per heavy atom. The van der Waals surface area contributed by atoms with Crippen LogP contribution in [0.3, 0.4) is 0 Å². The molecule has 126 valence electrons. The molecule has 2 rings (SSSR count). The zero-order valence-electron chi connectivity index (χ0n) is 14.3. The number of ether oxygens (including phenoxy) is 1. The van der Waals surface area contributed by atoms with Crippen molar-refractivity contribution in [2.45, 2.75) is 57.1 Å². The largest absolute Gasteiger partial charge is 0.444 e. The van der Waals surface area contributed by atoms with E-state index in [1.807, 2.05) is 52.0 Å². The predicted octanol–water partition coefficient (Wildman–Crippen LogP) is 4.02. The molecule has 1 aliphatic rings. The van der Waals surface area contributed by atoms with Crippen molar-refractivity contribution < 1.29 is 13.7 Å². The van der Waals surface area contributed by atoms with Gasteiger partial charge in [-0.05, 0) is 52.7 Å². The van der Waals surface area contributed by atoms with Gasteiger partial charge < -0.3 is 9.64 Å². The van der Waals surface area contributed by atoms with Crippen LogP contribution in [0.4, 0.5) is 4.79 Å². The third-order valence-corrected chi connectivity index (χ3v) is 5.17. The molecule has 0 saturated carbocycles. The van der Waals surface area contributed by atoms with Gasteiger partial charge in [0, 0.05) is 16.3 Å². The van der Waals surface area contributed by atoms with Crippen LogP contribution in [0.5, 0.6) is 0 Å². The molecule has 1 fully saturated rings. The number of benzene rings is 1. The highest BCUT2D eigenvalue weighted by Crippen LogP contribution is 2.29. The van der Waals surface area contributed by atoms with Crippen LogP contribution in [-0.4, -0.2) is 33.4 Å². The third kappa shape index (κ3) is 4.44. The average molecular weight is 335 g/mol. The molecule has 23 heavy (non-hydrogen) atoms. The number of carbonyl (C=O) groups excluding carboxylic acids is 1. The number of carbonyl (C=O) groups is 1. The van der Waals surface area contributed by atoms with Crippen LogP contribution < -0.4 is 0 Å².